The number of anilines is 3. The Hall–Kier alpha value is -9.22. The number of benzene rings is 12. The maximum absolute atomic E-state index is 6.98. The molecular weight excluding hydrogens is 1490 g/mol. The summed E-state index contributed by atoms with van der Waals surface area (Å²) in [7, 11) is 0. The number of rotatable bonds is 17. The molecule has 3 nitrogen and oxygen atoms in total. The SMILES string of the molecule is C.CC(C)c1cc(C(C)C)c(B2c3ccccc3Cc3ccccc32)c(C(C)C)c1.CC(C)c1cc(C(C)C)c(B2c3ccccc3Oc3cc(Br)ccc32)c(C(C)C)c1.CC(C)c1cc(C(C)C)c(B2c3ccccc3Oc3cc(N4c5ccccc5B(c5c(C(C)C)cc(C(C)C)cc5C(C)C)c5ccccc54)ccc32)c(C(C)C)c1.[2HH]. The summed E-state index contributed by atoms with van der Waals surface area (Å²) < 4.78 is 14.4. The molecule has 0 saturated heterocycles. The van der Waals surface area contributed by atoms with Gasteiger partial charge in [-0.1, -0.05) is 404 Å². The summed E-state index contributed by atoms with van der Waals surface area (Å²) in [4.78, 5) is 2.49. The molecule has 0 aliphatic carbocycles. The molecule has 12 aromatic rings. The van der Waals surface area contributed by atoms with Gasteiger partial charge in [-0.2, -0.15) is 0 Å². The minimum atomic E-state index is 0. The maximum atomic E-state index is 6.98. The molecule has 16 rings (SSSR count). The monoisotopic (exact) mass is 1620 g/mol. The Kier molecular flexibility index (Phi) is 26.4. The lowest BCUT2D eigenvalue weighted by atomic mass is 9.32. The predicted molar refractivity (Wildman–Crippen MR) is 526 cm³/mol. The zero-order chi connectivity index (χ0) is 83.4. The van der Waals surface area contributed by atoms with Crippen molar-refractivity contribution in [3.8, 4) is 23.0 Å². The van der Waals surface area contributed by atoms with Gasteiger partial charge in [0.2, 0.25) is 13.4 Å². The summed E-state index contributed by atoms with van der Waals surface area (Å²) in [6, 6.07) is 87.1. The second-order valence-electron chi connectivity index (χ2n) is 37.8. The minimum Gasteiger partial charge on any atom is -0.458 e. The number of halogens is 1. The van der Waals surface area contributed by atoms with E-state index in [2.05, 4.69) is 418 Å². The van der Waals surface area contributed by atoms with Gasteiger partial charge < -0.3 is 14.4 Å². The molecule has 4 aliphatic heterocycles. The van der Waals surface area contributed by atoms with Crippen LogP contribution < -0.4 is 79.9 Å². The van der Waals surface area contributed by atoms with Crippen LogP contribution in [0.2, 0.25) is 0 Å². The molecule has 0 amide bonds. The molecule has 0 radical (unpaired) electrons. The van der Waals surface area contributed by atoms with Crippen LogP contribution in [0.15, 0.2) is 235 Å². The highest BCUT2D eigenvalue weighted by Gasteiger charge is 2.43. The first-order valence-electron chi connectivity index (χ1n) is 44.2. The van der Waals surface area contributed by atoms with Crippen LogP contribution in [0.3, 0.4) is 0 Å². The molecule has 0 unspecified atom stereocenters. The summed E-state index contributed by atoms with van der Waals surface area (Å²) in [5.74, 6) is 9.24. The highest BCUT2D eigenvalue weighted by atomic mass is 79.9. The van der Waals surface area contributed by atoms with Crippen molar-refractivity contribution in [2.75, 3.05) is 4.90 Å². The fourth-order valence-corrected chi connectivity index (χ4v) is 19.8. The van der Waals surface area contributed by atoms with Crippen LogP contribution in [0.4, 0.5) is 17.1 Å². The van der Waals surface area contributed by atoms with E-state index in [-0.39, 0.29) is 29.0 Å². The van der Waals surface area contributed by atoms with E-state index in [9.17, 15) is 0 Å². The summed E-state index contributed by atoms with van der Waals surface area (Å²) in [6.45, 7) is 56.8. The van der Waals surface area contributed by atoms with E-state index in [0.717, 1.165) is 39.6 Å². The van der Waals surface area contributed by atoms with Gasteiger partial charge in [0, 0.05) is 29.0 Å². The second kappa shape index (κ2) is 36.0. The Bertz CT molecular complexity index is 5440. The molecule has 0 N–H and O–H groups in total. The number of fused-ring (bicyclic) bond motifs is 8. The molecule has 0 aromatic heterocycles. The fraction of sp³-hybridized carbons (Fsp3) is 0.345. The largest absolute Gasteiger partial charge is 0.458 e. The van der Waals surface area contributed by atoms with Crippen molar-refractivity contribution >= 4 is 125 Å². The first-order chi connectivity index (χ1) is 55.9. The van der Waals surface area contributed by atoms with Gasteiger partial charge in [-0.15, -0.1) is 0 Å². The van der Waals surface area contributed by atoms with Crippen LogP contribution in [0.5, 0.6) is 23.0 Å². The number of hydrogen-bond donors (Lipinski definition) is 0. The number of nitrogens with zero attached hydrogens (tertiary/aromatic N) is 1. The van der Waals surface area contributed by atoms with Crippen molar-refractivity contribution in [3.63, 3.8) is 0 Å². The molecule has 4 heterocycles. The van der Waals surface area contributed by atoms with Crippen LogP contribution in [0, 0.1) is 0 Å². The summed E-state index contributed by atoms with van der Waals surface area (Å²) in [5, 5.41) is 0. The zero-order valence-electron chi connectivity index (χ0n) is 74.5. The van der Waals surface area contributed by atoms with Gasteiger partial charge in [0.05, 0.1) is 0 Å². The average molecular weight is 1620 g/mol. The molecule has 606 valence electrons. The highest BCUT2D eigenvalue weighted by Crippen LogP contribution is 2.42. The fourth-order valence-electron chi connectivity index (χ4n) is 19.4. The lowest BCUT2D eigenvalue weighted by Gasteiger charge is -2.39. The molecule has 12 aromatic carbocycles. The first kappa shape index (κ1) is 86.6. The van der Waals surface area contributed by atoms with E-state index < -0.39 is 0 Å². The van der Waals surface area contributed by atoms with Crippen LogP contribution in [-0.4, -0.2) is 26.9 Å². The van der Waals surface area contributed by atoms with Gasteiger partial charge in [-0.05, 0) is 231 Å². The van der Waals surface area contributed by atoms with Gasteiger partial charge in [0.15, 0.2) is 0 Å². The van der Waals surface area contributed by atoms with Crippen molar-refractivity contribution < 1.29 is 10.9 Å². The summed E-state index contributed by atoms with van der Waals surface area (Å²) >= 11 is 3.63. The van der Waals surface area contributed by atoms with E-state index >= 15 is 0 Å². The van der Waals surface area contributed by atoms with E-state index in [1.807, 2.05) is 0 Å². The molecule has 0 fully saturated rings. The molecule has 118 heavy (non-hydrogen) atoms. The Morgan fingerprint density at radius 1 is 0.254 bits per heavy atom. The predicted octanol–water partition coefficient (Wildman–Crippen LogP) is 24.1. The Morgan fingerprint density at radius 3 is 0.814 bits per heavy atom. The van der Waals surface area contributed by atoms with E-state index in [4.69, 9.17) is 9.47 Å². The molecular formula is C110H130B4BrNO2. The quantitative estimate of drug-likeness (QED) is 0.0848. The Labute approximate surface area is 723 Å². The topological polar surface area (TPSA) is 21.7 Å². The summed E-state index contributed by atoms with van der Waals surface area (Å²) in [5.41, 5.74) is 40.7. The Morgan fingerprint density at radius 2 is 0.500 bits per heavy atom. The zero-order valence-corrected chi connectivity index (χ0v) is 76.1. The van der Waals surface area contributed by atoms with Crippen LogP contribution in [0.25, 0.3) is 0 Å². The average Bonchev–Trinajstić information content (AvgIpc) is 0.718. The maximum Gasteiger partial charge on any atom is 0.251 e. The van der Waals surface area contributed by atoms with E-state index in [1.54, 1.807) is 5.46 Å². The van der Waals surface area contributed by atoms with Crippen molar-refractivity contribution in [2.24, 2.45) is 0 Å². The van der Waals surface area contributed by atoms with Crippen LogP contribution in [-0.2, 0) is 6.42 Å². The van der Waals surface area contributed by atoms with Crippen molar-refractivity contribution in [1.82, 2.24) is 0 Å². The molecule has 4 aliphatic rings. The first-order valence-corrected chi connectivity index (χ1v) is 45.0. The smallest absolute Gasteiger partial charge is 0.251 e. The third kappa shape index (κ3) is 16.8. The lowest BCUT2D eigenvalue weighted by Crippen LogP contribution is -2.59. The van der Waals surface area contributed by atoms with Crippen molar-refractivity contribution in [3.05, 3.63) is 313 Å². The molecule has 0 spiro atoms. The van der Waals surface area contributed by atoms with Crippen molar-refractivity contribution in [2.45, 2.75) is 251 Å². The normalized spacial score (nSPS) is 13.1. The number of ether oxygens (including phenoxy) is 2. The second-order valence-corrected chi connectivity index (χ2v) is 38.7. The number of hydrogen-bond acceptors (Lipinski definition) is 3. The van der Waals surface area contributed by atoms with E-state index in [1.165, 1.54) is 149 Å². The molecule has 0 bridgehead atoms. The highest BCUT2D eigenvalue weighted by molar-refractivity contribution is 9.10. The van der Waals surface area contributed by atoms with Gasteiger partial charge in [-0.3, -0.25) is 0 Å². The minimum absolute atomic E-state index is 0. The third-order valence-electron chi connectivity index (χ3n) is 25.7. The van der Waals surface area contributed by atoms with Crippen LogP contribution in [0.1, 0.15) is 324 Å². The summed E-state index contributed by atoms with van der Waals surface area (Å²) in [6.07, 6.45) is 1.04. The van der Waals surface area contributed by atoms with Gasteiger partial charge in [-0.25, -0.2) is 0 Å². The number of para-hydroxylation sites is 4. The lowest BCUT2D eigenvalue weighted by molar-refractivity contribution is 0.487. The molecule has 0 saturated carbocycles. The third-order valence-corrected chi connectivity index (χ3v) is 26.2. The standard InChI is InChI=1S/C54H61B2NO.C28H33B.C27H30BBrO.CH4.H2/c1-32(2)38-27-41(34(5)6)53(42(28-38)35(7)8)55-45-19-13-16-22-49(45)57(50-23-17-14-20-46(50)55)40-25-26-48-52(31-40)58-51-24-18-15-21-47(51)56(48)54-43(36(9)10)29-39(33(3)4)30-44(54)37(11)12;1-18(2)23-16-24(19(3)4)28(25(17-23)20(5)6)29-26-13-9-7-11-21(26)15-22-12-8-10-14-27(22)29;1-16(2)19-13-21(17(3)4)27(22(14-19)18(5)6)28-23-9-7-8-10-25(23)30-26-15-20(29)11-12-24(26)28;;/h13-37H,1-12H3;7-14,16-20H,15H2,1-6H3;7-18H,1-6H3;1H4;1H/i;;;;1+1. The Balaban J connectivity index is 0.000000179. The molecule has 8 heteroatoms. The van der Waals surface area contributed by atoms with Gasteiger partial charge >= 0.3 is 0 Å². The molecule has 0 atom stereocenters. The van der Waals surface area contributed by atoms with E-state index in [0.29, 0.717) is 77.7 Å². The van der Waals surface area contributed by atoms with Gasteiger partial charge in [0.1, 0.15) is 23.0 Å². The van der Waals surface area contributed by atoms with Gasteiger partial charge in [0.25, 0.3) is 13.4 Å². The van der Waals surface area contributed by atoms with Crippen molar-refractivity contribution in [1.29, 1.82) is 0 Å². The van der Waals surface area contributed by atoms with Crippen LogP contribution >= 0.6 is 15.9 Å².